The van der Waals surface area contributed by atoms with Crippen LogP contribution in [0.5, 0.6) is 5.75 Å². The molecule has 1 fully saturated rings. The molecule has 1 N–H and O–H groups in total. The molecule has 0 radical (unpaired) electrons. The number of amides is 2. The number of aromatic nitrogens is 1. The number of hydrogen-bond donors (Lipinski definition) is 1. The largest absolute Gasteiger partial charge is 0.494 e. The van der Waals surface area contributed by atoms with Crippen molar-refractivity contribution in [2.45, 2.75) is 23.1 Å². The number of nitrogens with one attached hydrogen (secondary N) is 1. The lowest BCUT2D eigenvalue weighted by Gasteiger charge is -2.29. The summed E-state index contributed by atoms with van der Waals surface area (Å²) in [7, 11) is 0. The predicted octanol–water partition coefficient (Wildman–Crippen LogP) is 3.63. The number of hydrogen-bond acceptors (Lipinski definition) is 6. The van der Waals surface area contributed by atoms with Crippen LogP contribution in [0.15, 0.2) is 64.4 Å². The highest BCUT2D eigenvalue weighted by molar-refractivity contribution is 8.00. The second kappa shape index (κ2) is 7.45. The summed E-state index contributed by atoms with van der Waals surface area (Å²) in [6.45, 7) is 2.44. The van der Waals surface area contributed by atoms with Gasteiger partial charge >= 0.3 is 4.87 Å². The molecule has 0 saturated carbocycles. The maximum atomic E-state index is 13.5. The fourth-order valence-electron chi connectivity index (χ4n) is 4.15. The number of imide groups is 1. The molecule has 5 rings (SSSR count). The van der Waals surface area contributed by atoms with E-state index in [9.17, 15) is 14.4 Å². The third-order valence-electron chi connectivity index (χ3n) is 5.39. The van der Waals surface area contributed by atoms with Crippen molar-refractivity contribution >= 4 is 40.6 Å². The molecule has 0 bridgehead atoms. The molecule has 8 heteroatoms. The van der Waals surface area contributed by atoms with Gasteiger partial charge in [-0.05, 0) is 36.8 Å². The number of nitrogens with zero attached hydrogens (tertiary/aromatic N) is 1. The molecule has 6 nitrogen and oxygen atoms in total. The maximum Gasteiger partial charge on any atom is 0.305 e. The molecule has 2 aromatic carbocycles. The lowest BCUT2D eigenvalue weighted by Crippen LogP contribution is -2.32. The van der Waals surface area contributed by atoms with E-state index in [0.29, 0.717) is 23.1 Å². The van der Waals surface area contributed by atoms with Gasteiger partial charge in [0.25, 0.3) is 0 Å². The second-order valence-electron chi connectivity index (χ2n) is 7.10. The van der Waals surface area contributed by atoms with E-state index in [1.165, 1.54) is 16.7 Å². The number of anilines is 1. The van der Waals surface area contributed by atoms with Crippen molar-refractivity contribution in [3.05, 3.63) is 74.7 Å². The highest BCUT2D eigenvalue weighted by Gasteiger charge is 2.56. The Bertz CT molecular complexity index is 1170. The number of benzene rings is 2. The topological polar surface area (TPSA) is 79.5 Å². The smallest absolute Gasteiger partial charge is 0.305 e. The Hall–Kier alpha value is -2.84. The van der Waals surface area contributed by atoms with Crippen molar-refractivity contribution in [3.8, 4) is 5.75 Å². The first kappa shape index (κ1) is 19.1. The fourth-order valence-corrected chi connectivity index (χ4v) is 6.66. The summed E-state index contributed by atoms with van der Waals surface area (Å²) in [5, 5.41) is 0.113. The summed E-state index contributed by atoms with van der Waals surface area (Å²) in [6.07, 6.45) is 0. The van der Waals surface area contributed by atoms with Crippen LogP contribution in [0.3, 0.4) is 0 Å². The van der Waals surface area contributed by atoms with E-state index in [-0.39, 0.29) is 22.6 Å². The zero-order chi connectivity index (χ0) is 20.8. The van der Waals surface area contributed by atoms with Gasteiger partial charge in [0, 0.05) is 10.8 Å². The van der Waals surface area contributed by atoms with Gasteiger partial charge in [-0.2, -0.15) is 0 Å². The van der Waals surface area contributed by atoms with Crippen LogP contribution in [0.25, 0.3) is 0 Å². The fraction of sp³-hybridized carbons (Fsp3) is 0.227. The van der Waals surface area contributed by atoms with Crippen LogP contribution in [0.2, 0.25) is 0 Å². The van der Waals surface area contributed by atoms with Crippen molar-refractivity contribution in [2.24, 2.45) is 5.92 Å². The molecule has 2 aliphatic rings. The third kappa shape index (κ3) is 2.98. The van der Waals surface area contributed by atoms with Gasteiger partial charge in [-0.15, -0.1) is 0 Å². The van der Waals surface area contributed by atoms with Crippen molar-refractivity contribution in [2.75, 3.05) is 11.5 Å². The van der Waals surface area contributed by atoms with Crippen LogP contribution in [-0.4, -0.2) is 28.7 Å². The first-order chi connectivity index (χ1) is 14.6. The molecule has 30 heavy (non-hydrogen) atoms. The minimum absolute atomic E-state index is 0.170. The van der Waals surface area contributed by atoms with E-state index in [1.807, 2.05) is 37.3 Å². The highest BCUT2D eigenvalue weighted by Crippen LogP contribution is 2.53. The van der Waals surface area contributed by atoms with Gasteiger partial charge in [0.1, 0.15) is 11.0 Å². The Morgan fingerprint density at radius 2 is 1.73 bits per heavy atom. The summed E-state index contributed by atoms with van der Waals surface area (Å²) in [4.78, 5) is 43.7. The van der Waals surface area contributed by atoms with E-state index >= 15 is 0 Å². The number of rotatable bonds is 4. The molecule has 3 atom stereocenters. The average Bonchev–Trinajstić information content (AvgIpc) is 3.24. The number of thiazole rings is 1. The van der Waals surface area contributed by atoms with E-state index in [4.69, 9.17) is 4.74 Å². The van der Waals surface area contributed by atoms with Gasteiger partial charge in [0.05, 0.1) is 23.2 Å². The van der Waals surface area contributed by atoms with Crippen molar-refractivity contribution in [1.29, 1.82) is 0 Å². The zero-order valence-corrected chi connectivity index (χ0v) is 17.7. The maximum absolute atomic E-state index is 13.5. The molecule has 1 saturated heterocycles. The van der Waals surface area contributed by atoms with Crippen molar-refractivity contribution in [3.63, 3.8) is 0 Å². The van der Waals surface area contributed by atoms with Gasteiger partial charge < -0.3 is 9.72 Å². The Balaban J connectivity index is 1.58. The van der Waals surface area contributed by atoms with Crippen molar-refractivity contribution in [1.82, 2.24) is 4.98 Å². The van der Waals surface area contributed by atoms with E-state index in [0.717, 1.165) is 21.8 Å². The van der Waals surface area contributed by atoms with Gasteiger partial charge in [0.2, 0.25) is 11.8 Å². The number of fused-ring (bicyclic) bond motifs is 2. The van der Waals surface area contributed by atoms with Crippen molar-refractivity contribution < 1.29 is 14.3 Å². The molecule has 0 spiro atoms. The Morgan fingerprint density at radius 3 is 2.43 bits per heavy atom. The summed E-state index contributed by atoms with van der Waals surface area (Å²) in [5.41, 5.74) is 1.46. The lowest BCUT2D eigenvalue weighted by molar-refractivity contribution is -0.122. The number of carbonyl (C=O) groups is 2. The van der Waals surface area contributed by atoms with Crippen LogP contribution in [0.4, 0.5) is 5.69 Å². The van der Waals surface area contributed by atoms with E-state index < -0.39 is 11.2 Å². The summed E-state index contributed by atoms with van der Waals surface area (Å²) in [6, 6.07) is 16.6. The molecule has 2 aliphatic heterocycles. The minimum atomic E-state index is -0.577. The Morgan fingerprint density at radius 1 is 1.00 bits per heavy atom. The quantitative estimate of drug-likeness (QED) is 0.630. The molecule has 152 valence electrons. The number of ether oxygens (including phenoxy) is 1. The Kier molecular flexibility index (Phi) is 4.75. The van der Waals surface area contributed by atoms with Crippen LogP contribution in [-0.2, 0) is 9.59 Å². The lowest BCUT2D eigenvalue weighted by atomic mass is 9.83. The first-order valence-corrected chi connectivity index (χ1v) is 11.3. The number of carbonyl (C=O) groups excluding carboxylic acids is 2. The van der Waals surface area contributed by atoms with Crippen LogP contribution >= 0.6 is 23.1 Å². The van der Waals surface area contributed by atoms with E-state index in [1.54, 1.807) is 24.3 Å². The standard InChI is InChI=1S/C22H18N2O4S2/c1-2-28-14-10-8-13(9-11-14)24-20(25)16-15(12-6-4-3-5-7-12)17-19(23-22(27)30-17)29-18(16)21(24)26/h3-11,15-16,18H,2H2,1H3,(H,23,27)/t15-,16-,18-/m0/s1. The number of thioether (sulfide) groups is 1. The van der Waals surface area contributed by atoms with Gasteiger partial charge in [-0.25, -0.2) is 4.90 Å². The normalized spacial score (nSPS) is 22.7. The highest BCUT2D eigenvalue weighted by atomic mass is 32.2. The van der Waals surface area contributed by atoms with Crippen LogP contribution in [0.1, 0.15) is 23.3 Å². The SMILES string of the molecule is CCOc1ccc(N2C(=O)[C@H]3[C@H](c4ccccc4)c4sc(=O)[nH]c4S[C@@H]3C2=O)cc1. The predicted molar refractivity (Wildman–Crippen MR) is 116 cm³/mol. The summed E-state index contributed by atoms with van der Waals surface area (Å²) >= 11 is 2.41. The molecule has 0 aliphatic carbocycles. The third-order valence-corrected chi connectivity index (χ3v) is 7.79. The molecular formula is C22H18N2O4S2. The molecule has 1 aromatic heterocycles. The molecular weight excluding hydrogens is 420 g/mol. The van der Waals surface area contributed by atoms with Gasteiger partial charge in [-0.1, -0.05) is 53.4 Å². The van der Waals surface area contributed by atoms with Gasteiger partial charge in [0.15, 0.2) is 0 Å². The monoisotopic (exact) mass is 438 g/mol. The number of aromatic amines is 1. The van der Waals surface area contributed by atoms with Crippen LogP contribution in [0, 0.1) is 5.92 Å². The summed E-state index contributed by atoms with van der Waals surface area (Å²) in [5.74, 6) is -0.690. The first-order valence-electron chi connectivity index (χ1n) is 9.63. The molecule has 0 unspecified atom stereocenters. The second-order valence-corrected chi connectivity index (χ2v) is 9.27. The Labute approximate surface area is 180 Å². The zero-order valence-electron chi connectivity index (χ0n) is 16.0. The molecule has 3 aromatic rings. The number of H-pyrrole nitrogens is 1. The molecule has 3 heterocycles. The van der Waals surface area contributed by atoms with Crippen LogP contribution < -0.4 is 14.5 Å². The minimum Gasteiger partial charge on any atom is -0.494 e. The molecule has 2 amide bonds. The van der Waals surface area contributed by atoms with E-state index in [2.05, 4.69) is 4.98 Å². The van der Waals surface area contributed by atoms with Gasteiger partial charge in [-0.3, -0.25) is 14.4 Å². The summed E-state index contributed by atoms with van der Waals surface area (Å²) < 4.78 is 5.46. The average molecular weight is 439 g/mol.